The number of amides is 1. The van der Waals surface area contributed by atoms with Crippen molar-refractivity contribution in [2.24, 2.45) is 0 Å². The third kappa shape index (κ3) is 5.93. The summed E-state index contributed by atoms with van der Waals surface area (Å²) < 4.78 is 10.7. The Balaban J connectivity index is 2.52. The molecular formula is C12H17N3O6. The molecule has 0 spiro atoms. The molecule has 0 saturated carbocycles. The molecule has 0 fully saturated rings. The van der Waals surface area contributed by atoms with Crippen molar-refractivity contribution >= 4 is 18.2 Å². The third-order valence-electron chi connectivity index (χ3n) is 2.08. The van der Waals surface area contributed by atoms with Gasteiger partial charge in [-0.1, -0.05) is 0 Å². The minimum atomic E-state index is -1.41. The highest BCUT2D eigenvalue weighted by molar-refractivity contribution is 5.80. The number of carboxylic acid groups (broad SMARTS) is 1. The number of hydrogen-bond donors (Lipinski definition) is 2. The van der Waals surface area contributed by atoms with Crippen LogP contribution in [0.25, 0.3) is 0 Å². The minimum absolute atomic E-state index is 0.536. The van der Waals surface area contributed by atoms with Crippen molar-refractivity contribution < 1.29 is 29.0 Å². The summed E-state index contributed by atoms with van der Waals surface area (Å²) in [7, 11) is 0. The number of rotatable bonds is 4. The van der Waals surface area contributed by atoms with Crippen LogP contribution in [0.1, 0.15) is 20.8 Å². The summed E-state index contributed by atoms with van der Waals surface area (Å²) in [4.78, 5) is 37.7. The van der Waals surface area contributed by atoms with E-state index in [1.165, 1.54) is 18.7 Å². The molecule has 1 atom stereocenters. The van der Waals surface area contributed by atoms with Crippen LogP contribution < -0.4 is 5.32 Å². The van der Waals surface area contributed by atoms with Crippen LogP contribution in [-0.2, 0) is 14.3 Å². The first-order valence-corrected chi connectivity index (χ1v) is 6.06. The van der Waals surface area contributed by atoms with Crippen molar-refractivity contribution in [1.29, 1.82) is 0 Å². The molecule has 0 saturated heterocycles. The van der Waals surface area contributed by atoms with Gasteiger partial charge in [-0.3, -0.25) is 0 Å². The van der Waals surface area contributed by atoms with Crippen molar-refractivity contribution in [2.75, 3.05) is 6.61 Å². The van der Waals surface area contributed by atoms with E-state index in [0.29, 0.717) is 0 Å². The first kappa shape index (κ1) is 16.5. The van der Waals surface area contributed by atoms with E-state index in [1.54, 1.807) is 20.8 Å². The van der Waals surface area contributed by atoms with Gasteiger partial charge in [0.2, 0.25) is 0 Å². The Labute approximate surface area is 120 Å². The topological polar surface area (TPSA) is 120 Å². The van der Waals surface area contributed by atoms with E-state index in [0.717, 1.165) is 4.57 Å². The van der Waals surface area contributed by atoms with Gasteiger partial charge in [-0.2, -0.15) is 0 Å². The quantitative estimate of drug-likeness (QED) is 0.845. The largest absolute Gasteiger partial charge is 0.480 e. The SMILES string of the molecule is CC(C)(C)OC(=O)N[C@@H](COC(=O)n1ccnc1)C(=O)O. The summed E-state index contributed by atoms with van der Waals surface area (Å²) >= 11 is 0. The second-order valence-electron chi connectivity index (χ2n) is 5.08. The summed E-state index contributed by atoms with van der Waals surface area (Å²) in [6.07, 6.45) is 2.21. The molecule has 9 nitrogen and oxygen atoms in total. The number of alkyl carbamates (subject to hydrolysis) is 1. The number of imidazole rings is 1. The Hall–Kier alpha value is -2.58. The van der Waals surface area contributed by atoms with Crippen LogP contribution in [0.3, 0.4) is 0 Å². The number of aromatic nitrogens is 2. The van der Waals surface area contributed by atoms with Crippen LogP contribution in [0.5, 0.6) is 0 Å². The van der Waals surface area contributed by atoms with E-state index in [1.807, 2.05) is 0 Å². The maximum Gasteiger partial charge on any atom is 0.419 e. The smallest absolute Gasteiger partial charge is 0.419 e. The Kier molecular flexibility index (Phi) is 5.28. The van der Waals surface area contributed by atoms with Crippen LogP contribution in [-0.4, -0.2) is 51.1 Å². The fourth-order valence-electron chi connectivity index (χ4n) is 1.22. The second-order valence-corrected chi connectivity index (χ2v) is 5.08. The normalized spacial score (nSPS) is 12.3. The average molecular weight is 299 g/mol. The van der Waals surface area contributed by atoms with Crippen molar-refractivity contribution in [2.45, 2.75) is 32.4 Å². The summed E-state index contributed by atoms with van der Waals surface area (Å²) in [6, 6.07) is -1.41. The molecule has 0 bridgehead atoms. The number of carbonyl (C=O) groups is 3. The summed E-state index contributed by atoms with van der Waals surface area (Å²) in [6.45, 7) is 4.38. The predicted molar refractivity (Wildman–Crippen MR) is 69.8 cm³/mol. The molecule has 21 heavy (non-hydrogen) atoms. The standard InChI is InChI=1S/C12H17N3O6/c1-12(2,3)21-10(18)14-8(9(16)17)6-20-11(19)15-5-4-13-7-15/h4-5,7-8H,6H2,1-3H3,(H,14,18)(H,16,17)/t8-/m0/s1. The number of nitrogens with one attached hydrogen (secondary N) is 1. The molecule has 1 rings (SSSR count). The molecule has 0 radical (unpaired) electrons. The van der Waals surface area contributed by atoms with Gasteiger partial charge in [-0.25, -0.2) is 23.9 Å². The van der Waals surface area contributed by atoms with Crippen molar-refractivity contribution in [3.8, 4) is 0 Å². The maximum absolute atomic E-state index is 11.5. The summed E-state index contributed by atoms with van der Waals surface area (Å²) in [5.41, 5.74) is -0.763. The first-order valence-electron chi connectivity index (χ1n) is 6.06. The van der Waals surface area contributed by atoms with E-state index in [9.17, 15) is 14.4 Å². The Morgan fingerprint density at radius 3 is 2.52 bits per heavy atom. The number of hydrogen-bond acceptors (Lipinski definition) is 6. The Morgan fingerprint density at radius 2 is 2.05 bits per heavy atom. The molecule has 0 aliphatic rings. The fraction of sp³-hybridized carbons (Fsp3) is 0.500. The highest BCUT2D eigenvalue weighted by Crippen LogP contribution is 2.07. The molecule has 116 valence electrons. The lowest BCUT2D eigenvalue weighted by Gasteiger charge is -2.21. The van der Waals surface area contributed by atoms with Gasteiger partial charge < -0.3 is 19.9 Å². The van der Waals surface area contributed by atoms with Crippen molar-refractivity contribution in [3.05, 3.63) is 18.7 Å². The van der Waals surface area contributed by atoms with E-state index in [-0.39, 0.29) is 0 Å². The second kappa shape index (κ2) is 6.73. The van der Waals surface area contributed by atoms with Gasteiger partial charge in [0.25, 0.3) is 0 Å². The van der Waals surface area contributed by atoms with E-state index in [4.69, 9.17) is 14.6 Å². The van der Waals surface area contributed by atoms with Crippen LogP contribution in [0.4, 0.5) is 9.59 Å². The van der Waals surface area contributed by atoms with E-state index >= 15 is 0 Å². The van der Waals surface area contributed by atoms with Gasteiger partial charge >= 0.3 is 18.2 Å². The van der Waals surface area contributed by atoms with Crippen molar-refractivity contribution in [3.63, 3.8) is 0 Å². The van der Waals surface area contributed by atoms with Crippen LogP contribution in [0.15, 0.2) is 18.7 Å². The third-order valence-corrected chi connectivity index (χ3v) is 2.08. The van der Waals surface area contributed by atoms with Crippen molar-refractivity contribution in [1.82, 2.24) is 14.9 Å². The van der Waals surface area contributed by atoms with E-state index < -0.39 is 36.4 Å². The highest BCUT2D eigenvalue weighted by atomic mass is 16.6. The Bertz CT molecular complexity index is 506. The molecule has 0 unspecified atom stereocenters. The van der Waals surface area contributed by atoms with Crippen LogP contribution in [0.2, 0.25) is 0 Å². The molecule has 0 aromatic carbocycles. The lowest BCUT2D eigenvalue weighted by molar-refractivity contribution is -0.140. The molecule has 0 aliphatic heterocycles. The van der Waals surface area contributed by atoms with Crippen LogP contribution >= 0.6 is 0 Å². The molecule has 1 aromatic rings. The van der Waals surface area contributed by atoms with Gasteiger partial charge in [0.1, 0.15) is 18.5 Å². The molecular weight excluding hydrogens is 282 g/mol. The average Bonchev–Trinajstić information content (AvgIpc) is 2.85. The number of carbonyl (C=O) groups excluding carboxylic acids is 2. The monoisotopic (exact) mass is 299 g/mol. The zero-order chi connectivity index (χ0) is 16.0. The highest BCUT2D eigenvalue weighted by Gasteiger charge is 2.25. The zero-order valence-corrected chi connectivity index (χ0v) is 11.9. The lowest BCUT2D eigenvalue weighted by Crippen LogP contribution is -2.46. The number of carboxylic acids is 1. The fourth-order valence-corrected chi connectivity index (χ4v) is 1.22. The molecule has 1 aromatic heterocycles. The van der Waals surface area contributed by atoms with Crippen LogP contribution in [0, 0.1) is 0 Å². The minimum Gasteiger partial charge on any atom is -0.480 e. The van der Waals surface area contributed by atoms with Gasteiger partial charge in [0.05, 0.1) is 0 Å². The van der Waals surface area contributed by atoms with Gasteiger partial charge in [0.15, 0.2) is 6.04 Å². The number of ether oxygens (including phenoxy) is 2. The van der Waals surface area contributed by atoms with E-state index in [2.05, 4.69) is 10.3 Å². The Morgan fingerprint density at radius 1 is 1.38 bits per heavy atom. The molecule has 1 heterocycles. The lowest BCUT2D eigenvalue weighted by atomic mass is 10.2. The summed E-state index contributed by atoms with van der Waals surface area (Å²) in [5.74, 6) is -1.35. The van der Waals surface area contributed by atoms with Gasteiger partial charge in [-0.15, -0.1) is 0 Å². The molecule has 0 aliphatic carbocycles. The molecule has 2 N–H and O–H groups in total. The summed E-state index contributed by atoms with van der Waals surface area (Å²) in [5, 5.41) is 11.1. The maximum atomic E-state index is 11.5. The zero-order valence-electron chi connectivity index (χ0n) is 11.9. The molecule has 9 heteroatoms. The molecule has 1 amide bonds. The number of aliphatic carboxylic acids is 1. The first-order chi connectivity index (χ1) is 9.69. The van der Waals surface area contributed by atoms with Gasteiger partial charge in [0, 0.05) is 12.4 Å². The van der Waals surface area contributed by atoms with Gasteiger partial charge in [-0.05, 0) is 20.8 Å². The predicted octanol–water partition coefficient (Wildman–Crippen LogP) is 0.846. The number of nitrogens with zero attached hydrogens (tertiary/aromatic N) is 2.